The van der Waals surface area contributed by atoms with Crippen LogP contribution in [0.1, 0.15) is 18.9 Å². The van der Waals surface area contributed by atoms with Crippen LogP contribution in [0.25, 0.3) is 6.08 Å². The molecule has 0 saturated carbocycles. The van der Waals surface area contributed by atoms with Gasteiger partial charge in [0.2, 0.25) is 0 Å². The lowest BCUT2D eigenvalue weighted by Crippen LogP contribution is -2.01. The fraction of sp³-hybridized carbons (Fsp3) is 0.273. The van der Waals surface area contributed by atoms with Crippen molar-refractivity contribution in [2.45, 2.75) is 13.3 Å². The third-order valence-electron chi connectivity index (χ3n) is 1.97. The van der Waals surface area contributed by atoms with Crippen molar-refractivity contribution in [1.29, 1.82) is 0 Å². The van der Waals surface area contributed by atoms with Gasteiger partial charge >= 0.3 is 0 Å². The second kappa shape index (κ2) is 5.40. The largest absolute Gasteiger partial charge is 0.327 e. The third kappa shape index (κ3) is 3.33. The van der Waals surface area contributed by atoms with Gasteiger partial charge in [-0.25, -0.2) is 0 Å². The molecule has 1 rings (SSSR count). The van der Waals surface area contributed by atoms with Gasteiger partial charge in [-0.05, 0) is 30.2 Å². The summed E-state index contributed by atoms with van der Waals surface area (Å²) in [6.07, 6.45) is 2.97. The highest BCUT2D eigenvalue weighted by Crippen LogP contribution is 2.21. The summed E-state index contributed by atoms with van der Waals surface area (Å²) in [5, 5.41) is 1.30. The van der Waals surface area contributed by atoms with Crippen LogP contribution in [0.15, 0.2) is 23.8 Å². The fourth-order valence-corrected chi connectivity index (χ4v) is 1.74. The van der Waals surface area contributed by atoms with Crippen molar-refractivity contribution in [2.75, 3.05) is 6.54 Å². The van der Waals surface area contributed by atoms with Gasteiger partial charge in [0.25, 0.3) is 0 Å². The molecule has 2 N–H and O–H groups in total. The molecule has 3 heteroatoms. The van der Waals surface area contributed by atoms with Crippen molar-refractivity contribution in [3.05, 3.63) is 39.4 Å². The molecule has 0 atom stereocenters. The summed E-state index contributed by atoms with van der Waals surface area (Å²) in [5.41, 5.74) is 7.76. The van der Waals surface area contributed by atoms with Gasteiger partial charge in [0.15, 0.2) is 0 Å². The molecule has 0 radical (unpaired) electrons. The monoisotopic (exact) mass is 229 g/mol. The number of halogens is 2. The molecule has 0 aliphatic rings. The Bertz CT molecular complexity index is 319. The highest BCUT2D eigenvalue weighted by molar-refractivity contribution is 6.34. The summed E-state index contributed by atoms with van der Waals surface area (Å²) in [6.45, 7) is 2.64. The number of benzene rings is 1. The molecule has 1 aromatic rings. The lowest BCUT2D eigenvalue weighted by atomic mass is 10.1. The van der Waals surface area contributed by atoms with Crippen molar-refractivity contribution in [3.8, 4) is 0 Å². The average molecular weight is 230 g/mol. The first-order chi connectivity index (χ1) is 6.65. The second-order valence-corrected chi connectivity index (χ2v) is 3.94. The smallest absolute Gasteiger partial charge is 0.0426 e. The minimum Gasteiger partial charge on any atom is -0.327 e. The summed E-state index contributed by atoms with van der Waals surface area (Å²) in [4.78, 5) is 0. The average Bonchev–Trinajstić information content (AvgIpc) is 2.12. The van der Waals surface area contributed by atoms with Gasteiger partial charge in [-0.2, -0.15) is 0 Å². The minimum absolute atomic E-state index is 0.570. The SMILES string of the molecule is CCC(=Cc1cc(Cl)cc(Cl)c1)CN. The van der Waals surface area contributed by atoms with Crippen LogP contribution in [0.4, 0.5) is 0 Å². The van der Waals surface area contributed by atoms with E-state index >= 15 is 0 Å². The van der Waals surface area contributed by atoms with Crippen LogP contribution in [0.3, 0.4) is 0 Å². The number of rotatable bonds is 3. The van der Waals surface area contributed by atoms with Crippen molar-refractivity contribution < 1.29 is 0 Å². The Hall–Kier alpha value is -0.500. The second-order valence-electron chi connectivity index (χ2n) is 3.06. The zero-order valence-corrected chi connectivity index (χ0v) is 9.57. The summed E-state index contributed by atoms with van der Waals surface area (Å²) in [7, 11) is 0. The topological polar surface area (TPSA) is 26.0 Å². The Morgan fingerprint density at radius 2 is 1.86 bits per heavy atom. The van der Waals surface area contributed by atoms with Gasteiger partial charge in [0.05, 0.1) is 0 Å². The predicted octanol–water partition coefficient (Wildman–Crippen LogP) is 3.75. The van der Waals surface area contributed by atoms with Crippen molar-refractivity contribution >= 4 is 29.3 Å². The van der Waals surface area contributed by atoms with E-state index in [4.69, 9.17) is 28.9 Å². The van der Waals surface area contributed by atoms with Crippen LogP contribution in [-0.2, 0) is 0 Å². The highest BCUT2D eigenvalue weighted by Gasteiger charge is 1.97. The van der Waals surface area contributed by atoms with E-state index in [2.05, 4.69) is 6.92 Å². The zero-order valence-electron chi connectivity index (χ0n) is 8.06. The molecular weight excluding hydrogens is 217 g/mol. The van der Waals surface area contributed by atoms with E-state index in [1.165, 1.54) is 5.57 Å². The van der Waals surface area contributed by atoms with Crippen molar-refractivity contribution in [3.63, 3.8) is 0 Å². The van der Waals surface area contributed by atoms with E-state index < -0.39 is 0 Å². The normalized spacial score (nSPS) is 11.9. The zero-order chi connectivity index (χ0) is 10.6. The van der Waals surface area contributed by atoms with Crippen LogP contribution >= 0.6 is 23.2 Å². The molecule has 0 fully saturated rings. The van der Waals surface area contributed by atoms with E-state index in [0.29, 0.717) is 16.6 Å². The summed E-state index contributed by atoms with van der Waals surface area (Å²) in [6, 6.07) is 5.46. The molecule has 1 nitrogen and oxygen atoms in total. The number of hydrogen-bond donors (Lipinski definition) is 1. The predicted molar refractivity (Wildman–Crippen MR) is 63.8 cm³/mol. The first-order valence-electron chi connectivity index (χ1n) is 4.51. The lowest BCUT2D eigenvalue weighted by molar-refractivity contribution is 1.02. The molecule has 0 aliphatic heterocycles. The molecule has 0 aliphatic carbocycles. The maximum atomic E-state index is 5.88. The third-order valence-corrected chi connectivity index (χ3v) is 2.41. The first-order valence-corrected chi connectivity index (χ1v) is 5.27. The van der Waals surface area contributed by atoms with Crippen molar-refractivity contribution in [1.82, 2.24) is 0 Å². The molecule has 0 spiro atoms. The Morgan fingerprint density at radius 3 is 2.29 bits per heavy atom. The van der Waals surface area contributed by atoms with E-state index in [1.807, 2.05) is 18.2 Å². The summed E-state index contributed by atoms with van der Waals surface area (Å²) < 4.78 is 0. The molecule has 76 valence electrons. The molecule has 0 heterocycles. The lowest BCUT2D eigenvalue weighted by Gasteiger charge is -2.02. The molecule has 0 amide bonds. The van der Waals surface area contributed by atoms with Crippen LogP contribution in [-0.4, -0.2) is 6.54 Å². The van der Waals surface area contributed by atoms with Gasteiger partial charge < -0.3 is 5.73 Å². The standard InChI is InChI=1S/C11H13Cl2N/c1-2-8(7-14)3-9-4-10(12)6-11(13)5-9/h3-6H,2,7,14H2,1H3. The molecule has 0 aromatic heterocycles. The molecule has 14 heavy (non-hydrogen) atoms. The Morgan fingerprint density at radius 1 is 1.29 bits per heavy atom. The van der Waals surface area contributed by atoms with Crippen LogP contribution in [0, 0.1) is 0 Å². The van der Waals surface area contributed by atoms with Gasteiger partial charge in [0, 0.05) is 16.6 Å². The molecule has 0 bridgehead atoms. The van der Waals surface area contributed by atoms with Gasteiger partial charge in [0.1, 0.15) is 0 Å². The maximum Gasteiger partial charge on any atom is 0.0426 e. The number of nitrogens with two attached hydrogens (primary N) is 1. The van der Waals surface area contributed by atoms with Crippen LogP contribution in [0.5, 0.6) is 0 Å². The van der Waals surface area contributed by atoms with E-state index in [-0.39, 0.29) is 0 Å². The molecule has 1 aromatic carbocycles. The van der Waals surface area contributed by atoms with E-state index in [1.54, 1.807) is 6.07 Å². The Labute approximate surface area is 94.5 Å². The van der Waals surface area contributed by atoms with Crippen LogP contribution < -0.4 is 5.73 Å². The van der Waals surface area contributed by atoms with E-state index in [9.17, 15) is 0 Å². The Kier molecular flexibility index (Phi) is 4.46. The van der Waals surface area contributed by atoms with Gasteiger partial charge in [-0.3, -0.25) is 0 Å². The Balaban J connectivity index is 3.01. The maximum absolute atomic E-state index is 5.88. The first kappa shape index (κ1) is 11.6. The van der Waals surface area contributed by atoms with Gasteiger partial charge in [-0.15, -0.1) is 0 Å². The highest BCUT2D eigenvalue weighted by atomic mass is 35.5. The number of hydrogen-bond acceptors (Lipinski definition) is 1. The van der Waals surface area contributed by atoms with E-state index in [0.717, 1.165) is 12.0 Å². The quantitative estimate of drug-likeness (QED) is 0.840. The summed E-state index contributed by atoms with van der Waals surface area (Å²) in [5.74, 6) is 0. The fourth-order valence-electron chi connectivity index (χ4n) is 1.20. The van der Waals surface area contributed by atoms with Crippen LogP contribution in [0.2, 0.25) is 10.0 Å². The summed E-state index contributed by atoms with van der Waals surface area (Å²) >= 11 is 11.8. The molecule has 0 saturated heterocycles. The molecule has 0 unspecified atom stereocenters. The van der Waals surface area contributed by atoms with Crippen molar-refractivity contribution in [2.24, 2.45) is 5.73 Å². The molecular formula is C11H13Cl2N. The van der Waals surface area contributed by atoms with Gasteiger partial charge in [-0.1, -0.05) is 41.8 Å². The minimum atomic E-state index is 0.570.